The van der Waals surface area contributed by atoms with Crippen LogP contribution in [-0.2, 0) is 19.6 Å². The van der Waals surface area contributed by atoms with Gasteiger partial charge < -0.3 is 20.3 Å². The molecule has 0 aromatic heterocycles. The van der Waals surface area contributed by atoms with Crippen molar-refractivity contribution in [3.8, 4) is 5.75 Å². The molecule has 0 saturated carbocycles. The van der Waals surface area contributed by atoms with Gasteiger partial charge in [-0.25, -0.2) is 12.7 Å². The number of carbonyl (C=O) groups excluding carboxylic acids is 2. The maximum absolute atomic E-state index is 12.2. The Balaban J connectivity index is 1.86. The molecule has 0 aliphatic rings. The molecule has 162 valence electrons. The van der Waals surface area contributed by atoms with Gasteiger partial charge in [0.2, 0.25) is 10.0 Å². The molecule has 9 nitrogen and oxygen atoms in total. The third-order valence-corrected chi connectivity index (χ3v) is 6.02. The number of anilines is 2. The molecular weight excluding hydrogens is 408 g/mol. The average Bonchev–Trinajstić information content (AvgIpc) is 2.68. The largest absolute Gasteiger partial charge is 0.497 e. The Morgan fingerprint density at radius 2 is 1.53 bits per heavy atom. The Bertz CT molecular complexity index is 991. The molecule has 2 amide bonds. The van der Waals surface area contributed by atoms with E-state index >= 15 is 0 Å². The third-order valence-electron chi connectivity index (χ3n) is 4.19. The zero-order valence-electron chi connectivity index (χ0n) is 17.4. The average molecular weight is 436 g/mol. The number of sulfonamides is 1. The van der Waals surface area contributed by atoms with Crippen molar-refractivity contribution in [1.29, 1.82) is 0 Å². The molecule has 0 aliphatic carbocycles. The summed E-state index contributed by atoms with van der Waals surface area (Å²) in [4.78, 5) is 25.2. The van der Waals surface area contributed by atoms with Crippen LogP contribution in [0.2, 0.25) is 0 Å². The highest BCUT2D eigenvalue weighted by Crippen LogP contribution is 2.17. The van der Waals surface area contributed by atoms with Crippen molar-refractivity contribution in [1.82, 2.24) is 4.31 Å². The summed E-state index contributed by atoms with van der Waals surface area (Å²) in [7, 11) is 2.67. The molecular formula is C20H27N4O5S+. The van der Waals surface area contributed by atoms with Crippen molar-refractivity contribution in [2.45, 2.75) is 4.90 Å². The molecule has 0 heterocycles. The minimum Gasteiger partial charge on any atom is -0.497 e. The van der Waals surface area contributed by atoms with E-state index in [-0.39, 0.29) is 29.8 Å². The molecule has 2 rings (SSSR count). The quantitative estimate of drug-likeness (QED) is 0.515. The first-order valence-corrected chi connectivity index (χ1v) is 10.6. The van der Waals surface area contributed by atoms with Gasteiger partial charge in [0.25, 0.3) is 11.8 Å². The van der Waals surface area contributed by atoms with Crippen molar-refractivity contribution in [3.63, 3.8) is 0 Å². The van der Waals surface area contributed by atoms with Crippen molar-refractivity contribution in [2.24, 2.45) is 0 Å². The molecule has 30 heavy (non-hydrogen) atoms. The summed E-state index contributed by atoms with van der Waals surface area (Å²) in [6.45, 7) is 0.175. The number of carbonyl (C=O) groups is 2. The molecule has 2 aromatic carbocycles. The van der Waals surface area contributed by atoms with Gasteiger partial charge in [0.1, 0.15) is 5.75 Å². The molecule has 10 heteroatoms. The lowest BCUT2D eigenvalue weighted by molar-refractivity contribution is -0.862. The molecule has 0 spiro atoms. The molecule has 1 atom stereocenters. The van der Waals surface area contributed by atoms with Crippen LogP contribution >= 0.6 is 0 Å². The summed E-state index contributed by atoms with van der Waals surface area (Å²) in [5, 5.41) is 5.47. The number of amides is 2. The first kappa shape index (κ1) is 23.3. The van der Waals surface area contributed by atoms with Gasteiger partial charge in [-0.15, -0.1) is 0 Å². The Hall–Kier alpha value is -2.95. The summed E-state index contributed by atoms with van der Waals surface area (Å²) >= 11 is 0. The van der Waals surface area contributed by atoms with E-state index in [9.17, 15) is 18.0 Å². The first-order chi connectivity index (χ1) is 14.1. The normalized spacial score (nSPS) is 12.3. The van der Waals surface area contributed by atoms with Crippen LogP contribution in [0.15, 0.2) is 53.4 Å². The van der Waals surface area contributed by atoms with Crippen LogP contribution in [-0.4, -0.2) is 65.9 Å². The Labute approximate surface area is 176 Å². The number of nitrogens with zero attached hydrogens (tertiary/aromatic N) is 1. The number of methoxy groups -OCH3 is 1. The van der Waals surface area contributed by atoms with E-state index in [1.54, 1.807) is 38.4 Å². The smallest absolute Gasteiger partial charge is 0.279 e. The number of quaternary nitrogens is 1. The van der Waals surface area contributed by atoms with Gasteiger partial charge in [-0.3, -0.25) is 9.59 Å². The van der Waals surface area contributed by atoms with Crippen molar-refractivity contribution >= 4 is 33.2 Å². The fourth-order valence-electron chi connectivity index (χ4n) is 2.64. The Morgan fingerprint density at radius 1 is 0.967 bits per heavy atom. The van der Waals surface area contributed by atoms with E-state index in [1.807, 2.05) is 0 Å². The topological polar surface area (TPSA) is 109 Å². The third kappa shape index (κ3) is 6.55. The zero-order valence-corrected chi connectivity index (χ0v) is 18.2. The summed E-state index contributed by atoms with van der Waals surface area (Å²) in [5.74, 6) is 0.119. The highest BCUT2D eigenvalue weighted by molar-refractivity contribution is 7.89. The second-order valence-corrected chi connectivity index (χ2v) is 9.10. The maximum Gasteiger partial charge on any atom is 0.279 e. The maximum atomic E-state index is 12.2. The second-order valence-electron chi connectivity index (χ2n) is 6.95. The van der Waals surface area contributed by atoms with E-state index in [0.717, 1.165) is 4.31 Å². The monoisotopic (exact) mass is 435 g/mol. The number of rotatable bonds is 9. The first-order valence-electron chi connectivity index (χ1n) is 9.19. The SMILES string of the molecule is COc1cccc(NC(=O)C[NH+](C)CC(=O)Nc2ccc(S(=O)(=O)N(C)C)cc2)c1. The van der Waals surface area contributed by atoms with Gasteiger partial charge in [0.15, 0.2) is 13.1 Å². The molecule has 0 aliphatic heterocycles. The van der Waals surface area contributed by atoms with Crippen LogP contribution in [0, 0.1) is 0 Å². The van der Waals surface area contributed by atoms with Gasteiger partial charge in [-0.05, 0) is 36.4 Å². The predicted octanol–water partition coefficient (Wildman–Crippen LogP) is 0.0374. The number of nitrogens with one attached hydrogen (secondary N) is 3. The lowest BCUT2D eigenvalue weighted by atomic mass is 10.3. The van der Waals surface area contributed by atoms with Crippen LogP contribution in [0.3, 0.4) is 0 Å². The van der Waals surface area contributed by atoms with E-state index in [2.05, 4.69) is 10.6 Å². The highest BCUT2D eigenvalue weighted by atomic mass is 32.2. The van der Waals surface area contributed by atoms with E-state index in [1.165, 1.54) is 38.4 Å². The lowest BCUT2D eigenvalue weighted by Crippen LogP contribution is -3.11. The number of hydrogen-bond donors (Lipinski definition) is 3. The fraction of sp³-hybridized carbons (Fsp3) is 0.300. The minimum atomic E-state index is -3.52. The van der Waals surface area contributed by atoms with Gasteiger partial charge in [0, 0.05) is 31.5 Å². The fourth-order valence-corrected chi connectivity index (χ4v) is 3.54. The second kappa shape index (κ2) is 10.2. The summed E-state index contributed by atoms with van der Waals surface area (Å²) in [6, 6.07) is 12.9. The molecule has 0 fully saturated rings. The molecule has 2 aromatic rings. The molecule has 0 radical (unpaired) electrons. The Kier molecular flexibility index (Phi) is 7.93. The van der Waals surface area contributed by atoms with Crippen LogP contribution in [0.1, 0.15) is 0 Å². The molecule has 3 N–H and O–H groups in total. The van der Waals surface area contributed by atoms with E-state index in [0.29, 0.717) is 22.0 Å². The minimum absolute atomic E-state index is 0.0727. The summed E-state index contributed by atoms with van der Waals surface area (Å²) in [5.41, 5.74) is 1.09. The van der Waals surface area contributed by atoms with Gasteiger partial charge in [0.05, 0.1) is 19.1 Å². The summed E-state index contributed by atoms with van der Waals surface area (Å²) < 4.78 is 30.4. The van der Waals surface area contributed by atoms with Crippen molar-refractivity contribution in [2.75, 3.05) is 52.0 Å². The number of ether oxygens (including phenoxy) is 1. The number of hydrogen-bond acceptors (Lipinski definition) is 5. The predicted molar refractivity (Wildman–Crippen MR) is 114 cm³/mol. The van der Waals surface area contributed by atoms with E-state index < -0.39 is 10.0 Å². The van der Waals surface area contributed by atoms with Crippen molar-refractivity contribution < 1.29 is 27.6 Å². The van der Waals surface area contributed by atoms with Crippen LogP contribution in [0.4, 0.5) is 11.4 Å². The van der Waals surface area contributed by atoms with E-state index in [4.69, 9.17) is 4.74 Å². The highest BCUT2D eigenvalue weighted by Gasteiger charge is 2.18. The number of benzene rings is 2. The number of likely N-dealkylation sites (N-methyl/N-ethyl adjacent to an activating group) is 1. The van der Waals surface area contributed by atoms with Crippen molar-refractivity contribution in [3.05, 3.63) is 48.5 Å². The van der Waals surface area contributed by atoms with Gasteiger partial charge >= 0.3 is 0 Å². The summed E-state index contributed by atoms with van der Waals surface area (Å²) in [6.07, 6.45) is 0. The van der Waals surface area contributed by atoms with Crippen LogP contribution in [0.5, 0.6) is 5.75 Å². The van der Waals surface area contributed by atoms with Gasteiger partial charge in [-0.2, -0.15) is 0 Å². The Morgan fingerprint density at radius 3 is 2.07 bits per heavy atom. The van der Waals surface area contributed by atoms with Gasteiger partial charge in [-0.1, -0.05) is 6.07 Å². The molecule has 1 unspecified atom stereocenters. The van der Waals surface area contributed by atoms with Crippen LogP contribution < -0.4 is 20.3 Å². The standard InChI is InChI=1S/C20H26N4O5S/c1-23(2)30(27,28)18-10-8-15(9-11-18)21-19(25)13-24(3)14-20(26)22-16-6-5-7-17(12-16)29-4/h5-12H,13-14H2,1-4H3,(H,21,25)(H,22,26)/p+1. The van der Waals surface area contributed by atoms with Crippen LogP contribution in [0.25, 0.3) is 0 Å². The zero-order chi connectivity index (χ0) is 22.3. The lowest BCUT2D eigenvalue weighted by Gasteiger charge is -2.14. The molecule has 0 bridgehead atoms. The molecule has 0 saturated heterocycles.